The Bertz CT molecular complexity index is 829. The summed E-state index contributed by atoms with van der Waals surface area (Å²) in [5, 5.41) is 3.52. The van der Waals surface area contributed by atoms with E-state index in [1.165, 1.54) is 23.9 Å². The molecule has 0 radical (unpaired) electrons. The number of piperidine rings is 1. The molecule has 1 aromatic carbocycles. The minimum Gasteiger partial charge on any atom is -0.352 e. The molecule has 0 spiro atoms. The third-order valence-corrected chi connectivity index (χ3v) is 5.45. The molecule has 9 heteroatoms. The monoisotopic (exact) mass is 424 g/mol. The maximum Gasteiger partial charge on any atom is 0.416 e. The first-order valence-electron chi connectivity index (χ1n) is 9.38. The maximum absolute atomic E-state index is 12.8. The van der Waals surface area contributed by atoms with Crippen LogP contribution in [-0.4, -0.2) is 46.7 Å². The molecule has 2 aromatic rings. The molecule has 1 atom stereocenters. The molecule has 29 heavy (non-hydrogen) atoms. The molecule has 0 unspecified atom stereocenters. The van der Waals surface area contributed by atoms with Crippen LogP contribution < -0.4 is 5.32 Å². The topological polar surface area (TPSA) is 58.1 Å². The Labute approximate surface area is 172 Å². The van der Waals surface area contributed by atoms with Gasteiger partial charge >= 0.3 is 6.18 Å². The van der Waals surface area contributed by atoms with E-state index in [0.29, 0.717) is 6.54 Å². The van der Waals surface area contributed by atoms with Crippen LogP contribution in [0.15, 0.2) is 41.8 Å². The number of rotatable bonds is 6. The number of carbonyl (C=O) groups is 1. The van der Waals surface area contributed by atoms with Crippen molar-refractivity contribution >= 4 is 17.7 Å². The van der Waals surface area contributed by atoms with Crippen molar-refractivity contribution in [3.05, 3.63) is 53.3 Å². The van der Waals surface area contributed by atoms with E-state index in [1.807, 2.05) is 18.6 Å². The summed E-state index contributed by atoms with van der Waals surface area (Å²) in [4.78, 5) is 23.2. The molecule has 156 valence electrons. The molecule has 1 fully saturated rings. The van der Waals surface area contributed by atoms with Gasteiger partial charge in [0.05, 0.1) is 5.56 Å². The lowest BCUT2D eigenvalue weighted by Crippen LogP contribution is -2.40. The van der Waals surface area contributed by atoms with E-state index >= 15 is 0 Å². The molecular weight excluding hydrogens is 401 g/mol. The van der Waals surface area contributed by atoms with E-state index in [1.54, 1.807) is 0 Å². The molecule has 5 nitrogen and oxygen atoms in total. The molecule has 0 bridgehead atoms. The summed E-state index contributed by atoms with van der Waals surface area (Å²) in [5.74, 6) is -0.223. The summed E-state index contributed by atoms with van der Waals surface area (Å²) in [5.41, 5.74) is 0.249. The fourth-order valence-electron chi connectivity index (χ4n) is 3.43. The van der Waals surface area contributed by atoms with Gasteiger partial charge in [0.2, 0.25) is 0 Å². The van der Waals surface area contributed by atoms with Crippen LogP contribution in [0.3, 0.4) is 0 Å². The maximum atomic E-state index is 12.8. The standard InChI is InChI=1S/C20H23F3N4OS/c1-29-19-25-10-15(11-26-19)13-27-7-3-4-14(12-27)9-24-18(28)16-5-2-6-17(8-16)20(21,22)23/h2,5-6,8,10-11,14H,3-4,7,9,12-13H2,1H3,(H,24,28)/t14-/m1/s1. The Morgan fingerprint density at radius 2 is 2.07 bits per heavy atom. The van der Waals surface area contributed by atoms with Gasteiger partial charge in [0, 0.05) is 43.2 Å². The Morgan fingerprint density at radius 1 is 1.31 bits per heavy atom. The number of hydrogen-bond acceptors (Lipinski definition) is 5. The van der Waals surface area contributed by atoms with Crippen LogP contribution in [0.5, 0.6) is 0 Å². The van der Waals surface area contributed by atoms with E-state index in [4.69, 9.17) is 0 Å². The Balaban J connectivity index is 1.52. The zero-order valence-corrected chi connectivity index (χ0v) is 16.9. The number of aromatic nitrogens is 2. The Kier molecular flexibility index (Phi) is 7.13. The van der Waals surface area contributed by atoms with Gasteiger partial charge < -0.3 is 5.32 Å². The lowest BCUT2D eigenvalue weighted by atomic mass is 9.97. The number of thioether (sulfide) groups is 1. The van der Waals surface area contributed by atoms with Gasteiger partial charge in [-0.15, -0.1) is 0 Å². The molecule has 2 heterocycles. The lowest BCUT2D eigenvalue weighted by Gasteiger charge is -2.32. The average molecular weight is 424 g/mol. The number of likely N-dealkylation sites (tertiary alicyclic amines) is 1. The van der Waals surface area contributed by atoms with Crippen molar-refractivity contribution < 1.29 is 18.0 Å². The number of alkyl halides is 3. The first-order valence-corrected chi connectivity index (χ1v) is 10.6. The molecule has 0 saturated carbocycles. The summed E-state index contributed by atoms with van der Waals surface area (Å²) in [6.07, 6.45) is 3.11. The Morgan fingerprint density at radius 3 is 2.76 bits per heavy atom. The van der Waals surface area contributed by atoms with Crippen molar-refractivity contribution in [2.45, 2.75) is 30.7 Å². The van der Waals surface area contributed by atoms with Gasteiger partial charge in [0.25, 0.3) is 5.91 Å². The highest BCUT2D eigenvalue weighted by atomic mass is 32.2. The van der Waals surface area contributed by atoms with Crippen molar-refractivity contribution in [2.24, 2.45) is 5.92 Å². The quantitative estimate of drug-likeness (QED) is 0.564. The first-order chi connectivity index (χ1) is 13.8. The fraction of sp³-hybridized carbons (Fsp3) is 0.450. The van der Waals surface area contributed by atoms with Crippen LogP contribution >= 0.6 is 11.8 Å². The van der Waals surface area contributed by atoms with Crippen LogP contribution in [0.25, 0.3) is 0 Å². The van der Waals surface area contributed by atoms with E-state index in [2.05, 4.69) is 20.2 Å². The van der Waals surface area contributed by atoms with E-state index in [-0.39, 0.29) is 11.5 Å². The molecule has 3 rings (SSSR count). The third kappa shape index (κ3) is 6.17. The van der Waals surface area contributed by atoms with E-state index in [0.717, 1.165) is 55.3 Å². The van der Waals surface area contributed by atoms with Crippen molar-refractivity contribution in [3.8, 4) is 0 Å². The Hall–Kier alpha value is -2.13. The van der Waals surface area contributed by atoms with Crippen LogP contribution in [0, 0.1) is 5.92 Å². The summed E-state index contributed by atoms with van der Waals surface area (Å²) in [6.45, 7) is 2.95. The minimum absolute atomic E-state index is 0.0264. The zero-order chi connectivity index (χ0) is 20.9. The van der Waals surface area contributed by atoms with Crippen LogP contribution in [0.1, 0.15) is 34.3 Å². The number of nitrogens with one attached hydrogen (secondary N) is 1. The molecule has 1 aliphatic rings. The second-order valence-corrected chi connectivity index (χ2v) is 7.88. The normalized spacial score (nSPS) is 17.9. The largest absolute Gasteiger partial charge is 0.416 e. The van der Waals surface area contributed by atoms with Gasteiger partial charge in [-0.25, -0.2) is 9.97 Å². The van der Waals surface area contributed by atoms with Crippen LogP contribution in [0.4, 0.5) is 13.2 Å². The van der Waals surface area contributed by atoms with Crippen LogP contribution in [-0.2, 0) is 12.7 Å². The van der Waals surface area contributed by atoms with Gasteiger partial charge in [0.15, 0.2) is 5.16 Å². The second kappa shape index (κ2) is 9.58. The first kappa shape index (κ1) is 21.6. The van der Waals surface area contributed by atoms with E-state index in [9.17, 15) is 18.0 Å². The zero-order valence-electron chi connectivity index (χ0n) is 16.1. The number of halogens is 3. The number of hydrogen-bond donors (Lipinski definition) is 1. The molecular formula is C20H23F3N4OS. The molecule has 1 saturated heterocycles. The van der Waals surface area contributed by atoms with Crippen molar-refractivity contribution in [3.63, 3.8) is 0 Å². The van der Waals surface area contributed by atoms with Gasteiger partial charge in [-0.1, -0.05) is 17.8 Å². The molecule has 1 amide bonds. The molecule has 1 aliphatic heterocycles. The van der Waals surface area contributed by atoms with Gasteiger partial charge in [0.1, 0.15) is 0 Å². The highest BCUT2D eigenvalue weighted by molar-refractivity contribution is 7.98. The number of benzene rings is 1. The summed E-state index contributed by atoms with van der Waals surface area (Å²) in [7, 11) is 0. The van der Waals surface area contributed by atoms with Crippen molar-refractivity contribution in [2.75, 3.05) is 25.9 Å². The lowest BCUT2D eigenvalue weighted by molar-refractivity contribution is -0.137. The average Bonchev–Trinajstić information content (AvgIpc) is 2.72. The van der Waals surface area contributed by atoms with Crippen LogP contribution in [0.2, 0.25) is 0 Å². The smallest absolute Gasteiger partial charge is 0.352 e. The molecule has 1 N–H and O–H groups in total. The molecule has 1 aromatic heterocycles. The highest BCUT2D eigenvalue weighted by Gasteiger charge is 2.31. The second-order valence-electron chi connectivity index (χ2n) is 7.11. The third-order valence-electron chi connectivity index (χ3n) is 4.88. The summed E-state index contributed by atoms with van der Waals surface area (Å²) < 4.78 is 38.5. The number of amides is 1. The minimum atomic E-state index is -4.46. The summed E-state index contributed by atoms with van der Waals surface area (Å²) in [6, 6.07) is 4.51. The van der Waals surface area contributed by atoms with Gasteiger partial charge in [-0.05, 0) is 49.8 Å². The fourth-order valence-corrected chi connectivity index (χ4v) is 3.74. The SMILES string of the molecule is CSc1ncc(CN2CCC[C@H](CNC(=O)c3cccc(C(F)(F)F)c3)C2)cn1. The molecule has 0 aliphatic carbocycles. The predicted octanol–water partition coefficient (Wildman–Crippen LogP) is 3.86. The van der Waals surface area contributed by atoms with Crippen molar-refractivity contribution in [1.29, 1.82) is 0 Å². The number of nitrogens with zero attached hydrogens (tertiary/aromatic N) is 3. The number of carbonyl (C=O) groups excluding carboxylic acids is 1. The van der Waals surface area contributed by atoms with Crippen molar-refractivity contribution in [1.82, 2.24) is 20.2 Å². The van der Waals surface area contributed by atoms with Gasteiger partial charge in [-0.2, -0.15) is 13.2 Å². The van der Waals surface area contributed by atoms with E-state index < -0.39 is 17.6 Å². The summed E-state index contributed by atoms with van der Waals surface area (Å²) >= 11 is 1.50. The highest BCUT2D eigenvalue weighted by Crippen LogP contribution is 2.29. The predicted molar refractivity (Wildman–Crippen MR) is 106 cm³/mol. The van der Waals surface area contributed by atoms with Gasteiger partial charge in [-0.3, -0.25) is 9.69 Å².